The quantitative estimate of drug-likeness (QED) is 0.0399. The molecule has 194 valence electrons. The summed E-state index contributed by atoms with van der Waals surface area (Å²) in [6, 6.07) is 18.6. The van der Waals surface area contributed by atoms with Crippen molar-refractivity contribution >= 4 is 52.0 Å². The first kappa shape index (κ1) is 27.9. The van der Waals surface area contributed by atoms with Gasteiger partial charge in [-0.3, -0.25) is 14.9 Å². The zero-order valence-corrected chi connectivity index (χ0v) is 21.7. The van der Waals surface area contributed by atoms with Crippen LogP contribution in [0.5, 0.6) is 0 Å². The third kappa shape index (κ3) is 6.98. The Balaban J connectivity index is 0.000000505. The molecule has 0 aliphatic heterocycles. The van der Waals surface area contributed by atoms with E-state index in [0.717, 1.165) is 50.6 Å². The number of benzene rings is 3. The number of hydrogen-bond donors (Lipinski definition) is 3. The van der Waals surface area contributed by atoms with Crippen molar-refractivity contribution in [1.29, 1.82) is 0 Å². The summed E-state index contributed by atoms with van der Waals surface area (Å²) in [4.78, 5) is 14.1. The van der Waals surface area contributed by atoms with Crippen LogP contribution in [0, 0.1) is 5.82 Å². The lowest BCUT2D eigenvalue weighted by Crippen LogP contribution is -2.06. The summed E-state index contributed by atoms with van der Waals surface area (Å²) in [6.45, 7) is 2.06. The van der Waals surface area contributed by atoms with Crippen LogP contribution in [0.4, 0.5) is 4.39 Å². The molecule has 0 aliphatic rings. The van der Waals surface area contributed by atoms with E-state index in [9.17, 15) is 9.18 Å². The van der Waals surface area contributed by atoms with Crippen molar-refractivity contribution in [2.75, 3.05) is 7.05 Å². The van der Waals surface area contributed by atoms with E-state index < -0.39 is 0 Å². The van der Waals surface area contributed by atoms with Gasteiger partial charge >= 0.3 is 0 Å². The second kappa shape index (κ2) is 13.6. The lowest BCUT2D eigenvalue weighted by molar-refractivity contribution is -0.104. The first-order chi connectivity index (χ1) is 18.4. The highest BCUT2D eigenvalue weighted by Gasteiger charge is 2.16. The molecule has 1 heterocycles. The number of rotatable bonds is 6. The fourth-order valence-electron chi connectivity index (χ4n) is 3.86. The van der Waals surface area contributed by atoms with Gasteiger partial charge in [-0.25, -0.2) is 4.39 Å². The fraction of sp³-hybridized carbons (Fsp3) is 0.107. The van der Waals surface area contributed by atoms with Crippen LogP contribution in [0.3, 0.4) is 0 Å². The van der Waals surface area contributed by atoms with E-state index in [4.69, 9.17) is 17.3 Å². The Hall–Kier alpha value is -4.63. The molecule has 8 nitrogen and oxygen atoms in total. The van der Waals surface area contributed by atoms with E-state index in [2.05, 4.69) is 44.4 Å². The number of aliphatic imine (C=N–C) groups is 1. The molecular formula is C28H27ClFN7O. The molecule has 0 spiro atoms. The summed E-state index contributed by atoms with van der Waals surface area (Å²) >= 11 is 6.45. The molecule has 3 aromatic carbocycles. The molecule has 0 aliphatic carbocycles. The standard InChI is InChI=1S/C26H20ClFN2O.C2H7N5/c1-2-22(23-11-10-21(28)15-24(23)27)26(18-7-5-17(6-8-18)4-3-13-31)19-9-12-25-20(14-19)16-29-30-25;1-5-2(3)6-7-4/h3-16H,2H2,1H3,(H,29,30);1H3,(H4,3,4,5,6)/b4-3+,26-22+;. The Morgan fingerprint density at radius 3 is 2.45 bits per heavy atom. The molecule has 10 heteroatoms. The second-order valence-electron chi connectivity index (χ2n) is 7.92. The average Bonchev–Trinajstić information content (AvgIpc) is 3.40. The number of nitrogens with zero attached hydrogens (tertiary/aromatic N) is 4. The summed E-state index contributed by atoms with van der Waals surface area (Å²) in [7, 11) is 1.50. The molecule has 4 rings (SSSR count). The second-order valence-corrected chi connectivity index (χ2v) is 8.32. The Kier molecular flexibility index (Phi) is 10.0. The molecule has 0 atom stereocenters. The Labute approximate surface area is 224 Å². The number of guanidine groups is 1. The number of aldehydes is 1. The van der Waals surface area contributed by atoms with Gasteiger partial charge in [-0.2, -0.15) is 5.10 Å². The van der Waals surface area contributed by atoms with Gasteiger partial charge in [0.2, 0.25) is 5.96 Å². The number of allylic oxidation sites excluding steroid dienone is 2. The molecule has 0 radical (unpaired) electrons. The summed E-state index contributed by atoms with van der Waals surface area (Å²) in [5.41, 5.74) is 11.7. The number of fused-ring (bicyclic) bond motifs is 1. The van der Waals surface area contributed by atoms with Crippen molar-refractivity contribution in [2.45, 2.75) is 13.3 Å². The maximum Gasteiger partial charge on any atom is 0.236 e. The largest absolute Gasteiger partial charge is 0.367 e. The molecule has 0 amide bonds. The lowest BCUT2D eigenvalue weighted by atomic mass is 9.87. The van der Waals surface area contributed by atoms with Gasteiger partial charge in [0, 0.05) is 12.4 Å². The minimum atomic E-state index is -0.364. The summed E-state index contributed by atoms with van der Waals surface area (Å²) in [5.74, 6) is 4.32. The van der Waals surface area contributed by atoms with Crippen molar-refractivity contribution in [2.24, 2.45) is 26.9 Å². The van der Waals surface area contributed by atoms with Crippen LogP contribution in [-0.2, 0) is 4.79 Å². The fourth-order valence-corrected chi connectivity index (χ4v) is 4.15. The molecule has 0 fully saturated rings. The van der Waals surface area contributed by atoms with Crippen molar-refractivity contribution in [3.63, 3.8) is 0 Å². The van der Waals surface area contributed by atoms with Gasteiger partial charge in [0.25, 0.3) is 0 Å². The smallest absolute Gasteiger partial charge is 0.236 e. The average molecular weight is 532 g/mol. The van der Waals surface area contributed by atoms with E-state index in [1.165, 1.54) is 25.3 Å². The highest BCUT2D eigenvalue weighted by molar-refractivity contribution is 6.32. The van der Waals surface area contributed by atoms with Crippen LogP contribution in [-0.4, -0.2) is 29.5 Å². The maximum absolute atomic E-state index is 13.7. The van der Waals surface area contributed by atoms with E-state index >= 15 is 0 Å². The van der Waals surface area contributed by atoms with Crippen molar-refractivity contribution in [1.82, 2.24) is 10.2 Å². The summed E-state index contributed by atoms with van der Waals surface area (Å²) in [6.07, 6.45) is 6.48. The number of H-pyrrole nitrogens is 1. The van der Waals surface area contributed by atoms with E-state index in [0.29, 0.717) is 11.4 Å². The molecule has 0 saturated carbocycles. The van der Waals surface area contributed by atoms with Crippen molar-refractivity contribution < 1.29 is 9.18 Å². The number of aromatic amines is 1. The van der Waals surface area contributed by atoms with Gasteiger partial charge in [0.05, 0.1) is 16.7 Å². The molecule has 0 unspecified atom stereocenters. The van der Waals surface area contributed by atoms with Gasteiger partial charge in [0.15, 0.2) is 0 Å². The van der Waals surface area contributed by atoms with Gasteiger partial charge in [-0.15, -0.1) is 0 Å². The van der Waals surface area contributed by atoms with E-state index in [1.54, 1.807) is 18.3 Å². The zero-order chi connectivity index (χ0) is 27.5. The molecular weight excluding hydrogens is 505 g/mol. The number of nitrogens with two attached hydrogens (primary N) is 2. The zero-order valence-electron chi connectivity index (χ0n) is 20.9. The highest BCUT2D eigenvalue weighted by atomic mass is 35.5. The first-order valence-corrected chi connectivity index (χ1v) is 12.0. The van der Waals surface area contributed by atoms with E-state index in [-0.39, 0.29) is 11.8 Å². The topological polar surface area (TPSA) is 135 Å². The third-order valence-corrected chi connectivity index (χ3v) is 5.91. The number of aromatic nitrogens is 2. The highest BCUT2D eigenvalue weighted by Crippen LogP contribution is 2.38. The van der Waals surface area contributed by atoms with Crippen LogP contribution < -0.4 is 11.6 Å². The molecule has 4 aromatic rings. The van der Waals surface area contributed by atoms with Gasteiger partial charge in [0.1, 0.15) is 12.1 Å². The number of carbonyl (C=O) groups is 1. The summed E-state index contributed by atoms with van der Waals surface area (Å²) < 4.78 is 13.7. The monoisotopic (exact) mass is 531 g/mol. The van der Waals surface area contributed by atoms with Crippen LogP contribution in [0.25, 0.3) is 28.1 Å². The van der Waals surface area contributed by atoms with Crippen molar-refractivity contribution in [3.8, 4) is 0 Å². The predicted molar refractivity (Wildman–Crippen MR) is 152 cm³/mol. The van der Waals surface area contributed by atoms with Crippen molar-refractivity contribution in [3.05, 3.63) is 106 Å². The molecule has 1 aromatic heterocycles. The minimum absolute atomic E-state index is 0.0856. The number of nitrogens with one attached hydrogen (secondary N) is 1. The first-order valence-electron chi connectivity index (χ1n) is 11.6. The minimum Gasteiger partial charge on any atom is -0.367 e. The number of hydrogen-bond acceptors (Lipinski definition) is 4. The normalized spacial score (nSPS) is 12.5. The van der Waals surface area contributed by atoms with Crippen LogP contribution in [0.1, 0.15) is 35.6 Å². The van der Waals surface area contributed by atoms with E-state index in [1.807, 2.05) is 36.4 Å². The lowest BCUT2D eigenvalue weighted by Gasteiger charge is -2.17. The SMILES string of the molecule is CC/C(=C(/c1ccc(/C=C/C=O)cc1)c1ccc2[nH]ncc2c1)c1ccc(F)cc1Cl.CN=C(N)/N=N\N. The number of carbonyl (C=O) groups excluding carboxylic acids is 1. The Morgan fingerprint density at radius 1 is 1.11 bits per heavy atom. The molecule has 5 N–H and O–H groups in total. The Bertz CT molecular complexity index is 1520. The maximum atomic E-state index is 13.7. The molecule has 0 saturated heterocycles. The van der Waals surface area contributed by atoms with Crippen LogP contribution in [0.2, 0.25) is 5.02 Å². The van der Waals surface area contributed by atoms with Gasteiger partial charge < -0.3 is 11.6 Å². The van der Waals surface area contributed by atoms with Gasteiger partial charge in [-0.05, 0) is 70.2 Å². The van der Waals surface area contributed by atoms with Gasteiger partial charge in [-0.1, -0.05) is 71.3 Å². The summed E-state index contributed by atoms with van der Waals surface area (Å²) in [5, 5.41) is 14.5. The number of halogens is 2. The molecule has 0 bridgehead atoms. The predicted octanol–water partition coefficient (Wildman–Crippen LogP) is 6.19. The van der Waals surface area contributed by atoms with Crippen LogP contribution >= 0.6 is 11.6 Å². The molecule has 38 heavy (non-hydrogen) atoms. The third-order valence-electron chi connectivity index (χ3n) is 5.60. The van der Waals surface area contributed by atoms with Crippen LogP contribution in [0.15, 0.2) is 88.3 Å². The Morgan fingerprint density at radius 2 is 1.84 bits per heavy atom.